The second-order valence-corrected chi connectivity index (χ2v) is 7.17. The minimum absolute atomic E-state index is 0.0453. The second kappa shape index (κ2) is 7.76. The molecule has 1 aliphatic heterocycles. The van der Waals surface area contributed by atoms with Crippen LogP contribution < -0.4 is 0 Å². The summed E-state index contributed by atoms with van der Waals surface area (Å²) < 4.78 is 0. The SMILES string of the molecule is Cc1ccc(C(=O)N2CCN(CC(=O)c3cccs3)CC2)cc1[N+](=O)[O-]. The summed E-state index contributed by atoms with van der Waals surface area (Å²) in [4.78, 5) is 39.8. The molecule has 0 N–H and O–H groups in total. The number of piperazine rings is 1. The highest BCUT2D eigenvalue weighted by atomic mass is 32.1. The lowest BCUT2D eigenvalue weighted by Gasteiger charge is -2.34. The quantitative estimate of drug-likeness (QED) is 0.457. The fourth-order valence-corrected chi connectivity index (χ4v) is 3.61. The normalized spacial score (nSPS) is 15.0. The number of thiophene rings is 1. The molecule has 136 valence electrons. The number of Topliss-reactive ketones (excluding diaryl/α,β-unsaturated/α-hetero) is 1. The van der Waals surface area contributed by atoms with Gasteiger partial charge in [-0.1, -0.05) is 12.1 Å². The molecule has 1 aliphatic rings. The number of carbonyl (C=O) groups excluding carboxylic acids is 2. The molecule has 0 atom stereocenters. The maximum Gasteiger partial charge on any atom is 0.273 e. The summed E-state index contributed by atoms with van der Waals surface area (Å²) in [6, 6.07) is 8.23. The number of rotatable bonds is 5. The van der Waals surface area contributed by atoms with Crippen LogP contribution >= 0.6 is 11.3 Å². The van der Waals surface area contributed by atoms with Crippen LogP contribution in [0.15, 0.2) is 35.7 Å². The molecule has 1 aromatic carbocycles. The summed E-state index contributed by atoms with van der Waals surface area (Å²) in [5.41, 5.74) is 0.810. The first kappa shape index (κ1) is 18.2. The summed E-state index contributed by atoms with van der Waals surface area (Å²) >= 11 is 1.43. The van der Waals surface area contributed by atoms with Gasteiger partial charge in [0.05, 0.1) is 16.3 Å². The van der Waals surface area contributed by atoms with Crippen LogP contribution in [0.1, 0.15) is 25.6 Å². The number of amides is 1. The second-order valence-electron chi connectivity index (χ2n) is 6.23. The van der Waals surface area contributed by atoms with Crippen molar-refractivity contribution < 1.29 is 14.5 Å². The summed E-state index contributed by atoms with van der Waals surface area (Å²) in [7, 11) is 0. The van der Waals surface area contributed by atoms with Crippen molar-refractivity contribution in [2.24, 2.45) is 0 Å². The van der Waals surface area contributed by atoms with E-state index in [0.29, 0.717) is 43.9 Å². The first-order chi connectivity index (χ1) is 12.5. The van der Waals surface area contributed by atoms with Crippen molar-refractivity contribution in [3.05, 3.63) is 61.8 Å². The van der Waals surface area contributed by atoms with Gasteiger partial charge in [-0.05, 0) is 24.4 Å². The fourth-order valence-electron chi connectivity index (χ4n) is 2.95. The lowest BCUT2D eigenvalue weighted by atomic mass is 10.1. The van der Waals surface area contributed by atoms with Crippen molar-refractivity contribution in [1.29, 1.82) is 0 Å². The van der Waals surface area contributed by atoms with Gasteiger partial charge in [0.15, 0.2) is 5.78 Å². The van der Waals surface area contributed by atoms with Crippen molar-refractivity contribution >= 4 is 28.7 Å². The molecule has 1 saturated heterocycles. The predicted molar refractivity (Wildman–Crippen MR) is 98.8 cm³/mol. The van der Waals surface area contributed by atoms with Crippen molar-refractivity contribution in [3.8, 4) is 0 Å². The topological polar surface area (TPSA) is 83.8 Å². The van der Waals surface area contributed by atoms with Crippen LogP contribution in [0.3, 0.4) is 0 Å². The van der Waals surface area contributed by atoms with Crippen molar-refractivity contribution in [2.75, 3.05) is 32.7 Å². The Labute approximate surface area is 155 Å². The number of hydrogen-bond donors (Lipinski definition) is 0. The van der Waals surface area contributed by atoms with Gasteiger partial charge < -0.3 is 4.90 Å². The number of carbonyl (C=O) groups is 2. The number of ketones is 1. The van der Waals surface area contributed by atoms with E-state index in [4.69, 9.17) is 0 Å². The van der Waals surface area contributed by atoms with Gasteiger partial charge >= 0.3 is 0 Å². The Morgan fingerprint density at radius 2 is 1.92 bits per heavy atom. The zero-order valence-electron chi connectivity index (χ0n) is 14.4. The van der Waals surface area contributed by atoms with Crippen LogP contribution in [-0.2, 0) is 0 Å². The maximum atomic E-state index is 12.6. The van der Waals surface area contributed by atoms with Crippen molar-refractivity contribution in [3.63, 3.8) is 0 Å². The monoisotopic (exact) mass is 373 g/mol. The summed E-state index contributed by atoms with van der Waals surface area (Å²) in [5.74, 6) is -0.119. The number of hydrogen-bond acceptors (Lipinski definition) is 6. The molecule has 0 radical (unpaired) electrons. The molecule has 0 saturated carbocycles. The highest BCUT2D eigenvalue weighted by Gasteiger charge is 2.25. The van der Waals surface area contributed by atoms with E-state index in [-0.39, 0.29) is 17.4 Å². The van der Waals surface area contributed by atoms with E-state index in [9.17, 15) is 19.7 Å². The molecule has 0 spiro atoms. The lowest BCUT2D eigenvalue weighted by molar-refractivity contribution is -0.385. The van der Waals surface area contributed by atoms with Crippen LogP contribution in [0.4, 0.5) is 5.69 Å². The Morgan fingerprint density at radius 3 is 2.54 bits per heavy atom. The highest BCUT2D eigenvalue weighted by Crippen LogP contribution is 2.21. The van der Waals surface area contributed by atoms with Gasteiger partial charge in [-0.25, -0.2) is 0 Å². The van der Waals surface area contributed by atoms with Crippen molar-refractivity contribution in [2.45, 2.75) is 6.92 Å². The number of benzene rings is 1. The fraction of sp³-hybridized carbons (Fsp3) is 0.333. The van der Waals surface area contributed by atoms with Crippen LogP contribution in [0.5, 0.6) is 0 Å². The maximum absolute atomic E-state index is 12.6. The largest absolute Gasteiger partial charge is 0.336 e. The van der Waals surface area contributed by atoms with E-state index in [1.165, 1.54) is 17.4 Å². The number of aryl methyl sites for hydroxylation is 1. The average Bonchev–Trinajstić information content (AvgIpc) is 3.17. The zero-order valence-corrected chi connectivity index (χ0v) is 15.2. The summed E-state index contributed by atoms with van der Waals surface area (Å²) in [6.07, 6.45) is 0. The molecule has 1 amide bonds. The average molecular weight is 373 g/mol. The van der Waals surface area contributed by atoms with Gasteiger partial charge in [-0.3, -0.25) is 24.6 Å². The van der Waals surface area contributed by atoms with Crippen LogP contribution in [0.2, 0.25) is 0 Å². The van der Waals surface area contributed by atoms with Crippen LogP contribution in [0.25, 0.3) is 0 Å². The first-order valence-electron chi connectivity index (χ1n) is 8.29. The van der Waals surface area contributed by atoms with E-state index in [2.05, 4.69) is 0 Å². The molecule has 1 aromatic heterocycles. The molecule has 2 heterocycles. The van der Waals surface area contributed by atoms with Gasteiger partial charge in [0.1, 0.15) is 0 Å². The lowest BCUT2D eigenvalue weighted by Crippen LogP contribution is -2.49. The molecule has 0 aliphatic carbocycles. The van der Waals surface area contributed by atoms with Crippen molar-refractivity contribution in [1.82, 2.24) is 9.80 Å². The van der Waals surface area contributed by atoms with Crippen LogP contribution in [0, 0.1) is 17.0 Å². The highest BCUT2D eigenvalue weighted by molar-refractivity contribution is 7.12. The molecule has 2 aromatic rings. The summed E-state index contributed by atoms with van der Waals surface area (Å²) in [5, 5.41) is 12.9. The molecular formula is C18H19N3O4S. The molecular weight excluding hydrogens is 354 g/mol. The number of nitrogens with zero attached hydrogens (tertiary/aromatic N) is 3. The molecule has 26 heavy (non-hydrogen) atoms. The minimum atomic E-state index is -0.472. The molecule has 8 heteroatoms. The van der Waals surface area contributed by atoms with E-state index in [0.717, 1.165) is 4.88 Å². The third-order valence-corrected chi connectivity index (χ3v) is 5.39. The Balaban J connectivity index is 1.59. The van der Waals surface area contributed by atoms with E-state index >= 15 is 0 Å². The molecule has 3 rings (SSSR count). The standard InChI is InChI=1S/C18H19N3O4S/c1-13-4-5-14(11-15(13)21(24)25)18(23)20-8-6-19(7-9-20)12-16(22)17-3-2-10-26-17/h2-5,10-11H,6-9,12H2,1H3. The van der Waals surface area contributed by atoms with Crippen LogP contribution in [-0.4, -0.2) is 59.1 Å². The third-order valence-electron chi connectivity index (χ3n) is 4.48. The minimum Gasteiger partial charge on any atom is -0.336 e. The molecule has 7 nitrogen and oxygen atoms in total. The van der Waals surface area contributed by atoms with Gasteiger partial charge in [0.25, 0.3) is 11.6 Å². The Morgan fingerprint density at radius 1 is 1.19 bits per heavy atom. The smallest absolute Gasteiger partial charge is 0.273 e. The van der Waals surface area contributed by atoms with E-state index < -0.39 is 4.92 Å². The number of nitro benzene ring substituents is 1. The Kier molecular flexibility index (Phi) is 5.43. The van der Waals surface area contributed by atoms with Gasteiger partial charge in [0.2, 0.25) is 0 Å². The van der Waals surface area contributed by atoms with Gasteiger partial charge in [-0.15, -0.1) is 11.3 Å². The zero-order chi connectivity index (χ0) is 18.7. The Bertz CT molecular complexity index is 827. The Hall–Kier alpha value is -2.58. The first-order valence-corrected chi connectivity index (χ1v) is 9.17. The van der Waals surface area contributed by atoms with Gasteiger partial charge in [-0.2, -0.15) is 0 Å². The third kappa shape index (κ3) is 3.97. The molecule has 0 bridgehead atoms. The van der Waals surface area contributed by atoms with Gasteiger partial charge in [0, 0.05) is 43.4 Å². The van der Waals surface area contributed by atoms with E-state index in [1.807, 2.05) is 22.4 Å². The molecule has 0 unspecified atom stereocenters. The molecule has 1 fully saturated rings. The predicted octanol–water partition coefficient (Wildman–Crippen LogP) is 2.61. The number of nitro groups is 1. The van der Waals surface area contributed by atoms with E-state index in [1.54, 1.807) is 24.0 Å². The summed E-state index contributed by atoms with van der Waals surface area (Å²) in [6.45, 7) is 4.21.